The Morgan fingerprint density at radius 1 is 0.880 bits per heavy atom. The number of halogens is 2. The van der Waals surface area contributed by atoms with E-state index in [0.717, 1.165) is 24.4 Å². The summed E-state index contributed by atoms with van der Waals surface area (Å²) < 4.78 is 5.19. The van der Waals surface area contributed by atoms with Gasteiger partial charge in [0.2, 0.25) is 0 Å². The summed E-state index contributed by atoms with van der Waals surface area (Å²) in [4.78, 5) is 0. The van der Waals surface area contributed by atoms with Crippen molar-refractivity contribution in [2.24, 2.45) is 17.8 Å². The van der Waals surface area contributed by atoms with E-state index in [9.17, 15) is 0 Å². The van der Waals surface area contributed by atoms with E-state index in [0.29, 0.717) is 16.0 Å². The molecule has 0 aromatic heterocycles. The Balaban J connectivity index is 1.43. The lowest BCUT2D eigenvalue weighted by Gasteiger charge is -2.38. The van der Waals surface area contributed by atoms with E-state index in [1.807, 2.05) is 13.2 Å². The highest BCUT2D eigenvalue weighted by molar-refractivity contribution is 6.42. The van der Waals surface area contributed by atoms with Crippen molar-refractivity contribution in [1.82, 2.24) is 0 Å². The Hall–Kier alpha value is -0.240. The first kappa shape index (κ1) is 19.5. The second-order valence-electron chi connectivity index (χ2n) is 8.20. The van der Waals surface area contributed by atoms with Crippen LogP contribution in [0.25, 0.3) is 0 Å². The summed E-state index contributed by atoms with van der Waals surface area (Å²) in [6.07, 6.45) is 13.8. The standard InChI is InChI=1S/C22H32Cl2O/c1-25-14-2-3-16-4-6-17(7-5-16)18-8-10-19(11-9-18)20-12-13-21(23)22(24)15-20/h12-13,15-19H,2-11,14H2,1H3. The second-order valence-corrected chi connectivity index (χ2v) is 9.02. The van der Waals surface area contributed by atoms with Crippen LogP contribution in [-0.2, 0) is 4.74 Å². The Bertz CT molecular complexity index is 529. The van der Waals surface area contributed by atoms with Gasteiger partial charge in [-0.15, -0.1) is 0 Å². The Morgan fingerprint density at radius 3 is 2.12 bits per heavy atom. The van der Waals surface area contributed by atoms with Crippen molar-refractivity contribution in [1.29, 1.82) is 0 Å². The van der Waals surface area contributed by atoms with E-state index in [1.165, 1.54) is 69.8 Å². The topological polar surface area (TPSA) is 9.23 Å². The summed E-state index contributed by atoms with van der Waals surface area (Å²) in [6, 6.07) is 6.21. The van der Waals surface area contributed by atoms with E-state index < -0.39 is 0 Å². The van der Waals surface area contributed by atoms with Crippen molar-refractivity contribution < 1.29 is 4.74 Å². The average molecular weight is 383 g/mol. The van der Waals surface area contributed by atoms with Crippen LogP contribution in [0, 0.1) is 17.8 Å². The van der Waals surface area contributed by atoms with Crippen LogP contribution in [-0.4, -0.2) is 13.7 Å². The highest BCUT2D eigenvalue weighted by atomic mass is 35.5. The van der Waals surface area contributed by atoms with Gasteiger partial charge in [-0.2, -0.15) is 0 Å². The molecule has 1 aromatic carbocycles. The van der Waals surface area contributed by atoms with Gasteiger partial charge in [0.25, 0.3) is 0 Å². The molecule has 1 nitrogen and oxygen atoms in total. The van der Waals surface area contributed by atoms with Gasteiger partial charge in [-0.1, -0.05) is 42.1 Å². The van der Waals surface area contributed by atoms with Crippen LogP contribution in [0.15, 0.2) is 18.2 Å². The molecule has 0 heterocycles. The molecule has 0 bridgehead atoms. The van der Waals surface area contributed by atoms with E-state index >= 15 is 0 Å². The summed E-state index contributed by atoms with van der Waals surface area (Å²) in [6.45, 7) is 0.929. The van der Waals surface area contributed by atoms with Gasteiger partial charge in [0.05, 0.1) is 10.0 Å². The molecule has 140 valence electrons. The molecule has 25 heavy (non-hydrogen) atoms. The second kappa shape index (κ2) is 9.62. The van der Waals surface area contributed by atoms with Gasteiger partial charge in [0.15, 0.2) is 0 Å². The minimum absolute atomic E-state index is 0.668. The van der Waals surface area contributed by atoms with Gasteiger partial charge >= 0.3 is 0 Å². The zero-order valence-electron chi connectivity index (χ0n) is 15.5. The zero-order valence-corrected chi connectivity index (χ0v) is 17.0. The predicted molar refractivity (Wildman–Crippen MR) is 108 cm³/mol. The van der Waals surface area contributed by atoms with E-state index in [1.54, 1.807) is 0 Å². The van der Waals surface area contributed by atoms with Crippen molar-refractivity contribution in [3.8, 4) is 0 Å². The molecule has 3 heteroatoms. The molecule has 1 aromatic rings. The first-order chi connectivity index (χ1) is 12.2. The van der Waals surface area contributed by atoms with E-state index in [4.69, 9.17) is 27.9 Å². The summed E-state index contributed by atoms with van der Waals surface area (Å²) in [5.41, 5.74) is 1.38. The lowest BCUT2D eigenvalue weighted by molar-refractivity contribution is 0.144. The first-order valence-corrected chi connectivity index (χ1v) is 10.9. The van der Waals surface area contributed by atoms with Gasteiger partial charge < -0.3 is 4.74 Å². The lowest BCUT2D eigenvalue weighted by Crippen LogP contribution is -2.25. The highest BCUT2D eigenvalue weighted by Gasteiger charge is 2.31. The fourth-order valence-corrected chi connectivity index (χ4v) is 5.46. The minimum atomic E-state index is 0.668. The summed E-state index contributed by atoms with van der Waals surface area (Å²) >= 11 is 12.3. The lowest BCUT2D eigenvalue weighted by atomic mass is 9.68. The number of methoxy groups -OCH3 is 1. The van der Waals surface area contributed by atoms with Crippen molar-refractivity contribution in [2.75, 3.05) is 13.7 Å². The molecule has 0 radical (unpaired) electrons. The monoisotopic (exact) mass is 382 g/mol. The number of ether oxygens (including phenoxy) is 1. The normalized spacial score (nSPS) is 30.4. The Labute approximate surface area is 163 Å². The molecule has 0 amide bonds. The van der Waals surface area contributed by atoms with Gasteiger partial charge in [0, 0.05) is 13.7 Å². The molecule has 0 aliphatic heterocycles. The fraction of sp³-hybridized carbons (Fsp3) is 0.727. The smallest absolute Gasteiger partial charge is 0.0595 e. The quantitative estimate of drug-likeness (QED) is 0.462. The van der Waals surface area contributed by atoms with Gasteiger partial charge in [-0.05, 0) is 92.7 Å². The molecule has 0 N–H and O–H groups in total. The third-order valence-electron chi connectivity index (χ3n) is 6.71. The van der Waals surface area contributed by atoms with E-state index in [-0.39, 0.29) is 0 Å². The largest absolute Gasteiger partial charge is 0.385 e. The molecular weight excluding hydrogens is 351 g/mol. The molecule has 0 saturated heterocycles. The summed E-state index contributed by atoms with van der Waals surface area (Å²) in [5.74, 6) is 3.57. The molecule has 2 fully saturated rings. The van der Waals surface area contributed by atoms with Crippen LogP contribution >= 0.6 is 23.2 Å². The minimum Gasteiger partial charge on any atom is -0.385 e. The van der Waals surface area contributed by atoms with Gasteiger partial charge in [-0.25, -0.2) is 0 Å². The maximum Gasteiger partial charge on any atom is 0.0595 e. The van der Waals surface area contributed by atoms with Crippen molar-refractivity contribution in [3.63, 3.8) is 0 Å². The summed E-state index contributed by atoms with van der Waals surface area (Å²) in [5, 5.41) is 1.37. The Morgan fingerprint density at radius 2 is 1.52 bits per heavy atom. The maximum atomic E-state index is 6.20. The molecule has 3 rings (SSSR count). The maximum absolute atomic E-state index is 6.20. The fourth-order valence-electron chi connectivity index (χ4n) is 5.15. The van der Waals surface area contributed by atoms with Gasteiger partial charge in [-0.3, -0.25) is 0 Å². The third kappa shape index (κ3) is 5.37. The van der Waals surface area contributed by atoms with Crippen molar-refractivity contribution in [2.45, 2.75) is 70.1 Å². The molecule has 2 saturated carbocycles. The number of hydrogen-bond acceptors (Lipinski definition) is 1. The molecular formula is C22H32Cl2O. The molecule has 0 unspecified atom stereocenters. The van der Waals surface area contributed by atoms with Crippen LogP contribution in [0.4, 0.5) is 0 Å². The van der Waals surface area contributed by atoms with E-state index in [2.05, 4.69) is 12.1 Å². The molecule has 0 atom stereocenters. The van der Waals surface area contributed by atoms with Crippen LogP contribution in [0.2, 0.25) is 10.0 Å². The van der Waals surface area contributed by atoms with Crippen LogP contribution in [0.5, 0.6) is 0 Å². The molecule has 2 aliphatic carbocycles. The predicted octanol–water partition coefficient (Wildman–Crippen LogP) is 7.50. The number of hydrogen-bond donors (Lipinski definition) is 0. The van der Waals surface area contributed by atoms with Gasteiger partial charge in [0.1, 0.15) is 0 Å². The summed E-state index contributed by atoms with van der Waals surface area (Å²) in [7, 11) is 1.81. The van der Waals surface area contributed by atoms with Crippen LogP contribution in [0.3, 0.4) is 0 Å². The SMILES string of the molecule is COCCCC1CCC(C2CCC(c3ccc(Cl)c(Cl)c3)CC2)CC1. The van der Waals surface area contributed by atoms with Crippen molar-refractivity contribution in [3.05, 3.63) is 33.8 Å². The van der Waals surface area contributed by atoms with Crippen LogP contribution in [0.1, 0.15) is 75.7 Å². The number of rotatable bonds is 6. The van der Waals surface area contributed by atoms with Crippen LogP contribution < -0.4 is 0 Å². The first-order valence-electron chi connectivity index (χ1n) is 10.1. The average Bonchev–Trinajstić information content (AvgIpc) is 2.65. The molecule has 2 aliphatic rings. The Kier molecular flexibility index (Phi) is 7.51. The van der Waals surface area contributed by atoms with Crippen molar-refractivity contribution >= 4 is 23.2 Å². The number of benzene rings is 1. The zero-order chi connectivity index (χ0) is 17.6. The third-order valence-corrected chi connectivity index (χ3v) is 7.44. The molecule has 0 spiro atoms. The highest BCUT2D eigenvalue weighted by Crippen LogP contribution is 2.45.